The van der Waals surface area contributed by atoms with Gasteiger partial charge in [-0.05, 0) is 83.5 Å². The Morgan fingerprint density at radius 1 is 0.569 bits per heavy atom. The molecule has 0 aliphatic carbocycles. The third-order valence-corrected chi connectivity index (χ3v) is 13.1. The summed E-state index contributed by atoms with van der Waals surface area (Å²) in [7, 11) is 0. The van der Waals surface area contributed by atoms with E-state index in [2.05, 4.69) is 86.8 Å². The molecule has 8 atom stereocenters. The molecular weight excluding hydrogens is 907 g/mol. The SMILES string of the molecule is CC/C=C/C=C/C=C/CCCCCCCCC(O)C(=O)NC(COC1OC(CO)C(O)C(O)C1OC(=O)CCCCCC/C=C\C/C=C\C/C=C\CCCCC)C(O)/C=C/CCCCCCCCCCCC. The molecule has 0 spiro atoms. The molecule has 72 heavy (non-hydrogen) atoms. The van der Waals surface area contributed by atoms with Crippen molar-refractivity contribution in [3.63, 3.8) is 0 Å². The van der Waals surface area contributed by atoms with E-state index in [-0.39, 0.29) is 19.4 Å². The lowest BCUT2D eigenvalue weighted by Gasteiger charge is -2.41. The summed E-state index contributed by atoms with van der Waals surface area (Å²) < 4.78 is 17.5. The lowest BCUT2D eigenvalue weighted by molar-refractivity contribution is -0.305. The highest BCUT2D eigenvalue weighted by molar-refractivity contribution is 5.80. The second-order valence-corrected chi connectivity index (χ2v) is 19.7. The van der Waals surface area contributed by atoms with Crippen molar-refractivity contribution >= 4 is 11.9 Å². The Morgan fingerprint density at radius 3 is 1.64 bits per heavy atom. The number of carbonyl (C=O) groups excluding carboxylic acids is 2. The molecule has 414 valence electrons. The average molecular weight is 1010 g/mol. The van der Waals surface area contributed by atoms with Crippen LogP contribution in [0.4, 0.5) is 0 Å². The second kappa shape index (κ2) is 48.8. The number of ether oxygens (including phenoxy) is 3. The largest absolute Gasteiger partial charge is 0.454 e. The maximum absolute atomic E-state index is 13.4. The van der Waals surface area contributed by atoms with Crippen LogP contribution in [0.3, 0.4) is 0 Å². The zero-order valence-electron chi connectivity index (χ0n) is 45.5. The molecule has 1 saturated heterocycles. The van der Waals surface area contributed by atoms with E-state index in [0.717, 1.165) is 109 Å². The first-order valence-electron chi connectivity index (χ1n) is 28.9. The number of esters is 1. The van der Waals surface area contributed by atoms with Crippen molar-refractivity contribution in [2.45, 2.75) is 275 Å². The predicted octanol–water partition coefficient (Wildman–Crippen LogP) is 13.0. The van der Waals surface area contributed by atoms with Crippen molar-refractivity contribution in [2.24, 2.45) is 0 Å². The van der Waals surface area contributed by atoms with Gasteiger partial charge in [0.15, 0.2) is 12.4 Å². The van der Waals surface area contributed by atoms with E-state index in [0.29, 0.717) is 12.8 Å². The first kappa shape index (κ1) is 66.9. The molecule has 1 amide bonds. The lowest BCUT2D eigenvalue weighted by Crippen LogP contribution is -2.61. The Kier molecular flexibility index (Phi) is 45.3. The van der Waals surface area contributed by atoms with Gasteiger partial charge in [-0.25, -0.2) is 0 Å². The minimum absolute atomic E-state index is 0.0928. The third-order valence-electron chi connectivity index (χ3n) is 13.1. The van der Waals surface area contributed by atoms with Gasteiger partial charge in [-0.1, -0.05) is 221 Å². The van der Waals surface area contributed by atoms with E-state index in [4.69, 9.17) is 14.2 Å². The molecule has 0 saturated carbocycles. The van der Waals surface area contributed by atoms with Crippen molar-refractivity contribution in [1.82, 2.24) is 5.32 Å². The number of unbranched alkanes of at least 4 members (excludes halogenated alkanes) is 23. The van der Waals surface area contributed by atoms with Gasteiger partial charge in [-0.15, -0.1) is 0 Å². The highest BCUT2D eigenvalue weighted by Crippen LogP contribution is 2.26. The van der Waals surface area contributed by atoms with Crippen LogP contribution in [-0.2, 0) is 23.8 Å². The number of carbonyl (C=O) groups is 2. The Balaban J connectivity index is 2.75. The molecule has 0 radical (unpaired) electrons. The van der Waals surface area contributed by atoms with Gasteiger partial charge in [0.1, 0.15) is 24.4 Å². The van der Waals surface area contributed by atoms with Crippen LogP contribution in [-0.4, -0.2) is 99.6 Å². The zero-order chi connectivity index (χ0) is 52.5. The molecule has 0 aromatic rings. The fraction of sp³-hybridized carbons (Fsp3) is 0.738. The van der Waals surface area contributed by atoms with Crippen molar-refractivity contribution in [3.8, 4) is 0 Å². The number of hydrogen-bond acceptors (Lipinski definition) is 10. The van der Waals surface area contributed by atoms with E-state index in [1.165, 1.54) is 70.6 Å². The van der Waals surface area contributed by atoms with Gasteiger partial charge in [-0.2, -0.15) is 0 Å². The normalized spacial score (nSPS) is 20.1. The number of allylic oxidation sites excluding steroid dienone is 13. The highest BCUT2D eigenvalue weighted by atomic mass is 16.7. The van der Waals surface area contributed by atoms with Crippen LogP contribution < -0.4 is 5.32 Å². The Labute approximate surface area is 438 Å². The van der Waals surface area contributed by atoms with Gasteiger partial charge in [0, 0.05) is 6.42 Å². The molecule has 1 fully saturated rings. The quantitative estimate of drug-likeness (QED) is 0.0149. The van der Waals surface area contributed by atoms with E-state index < -0.39 is 67.4 Å². The van der Waals surface area contributed by atoms with Crippen LogP contribution in [0.2, 0.25) is 0 Å². The molecule has 1 aliphatic heterocycles. The third kappa shape index (κ3) is 36.7. The number of rotatable bonds is 47. The van der Waals surface area contributed by atoms with Crippen molar-refractivity contribution in [1.29, 1.82) is 0 Å². The van der Waals surface area contributed by atoms with E-state index in [9.17, 15) is 35.1 Å². The monoisotopic (exact) mass is 1010 g/mol. The summed E-state index contributed by atoms with van der Waals surface area (Å²) in [5.74, 6) is -1.24. The molecule has 0 aromatic heterocycles. The summed E-state index contributed by atoms with van der Waals surface area (Å²) in [5.41, 5.74) is 0. The predicted molar refractivity (Wildman–Crippen MR) is 296 cm³/mol. The minimum Gasteiger partial charge on any atom is -0.454 e. The molecule has 1 rings (SSSR count). The Bertz CT molecular complexity index is 1490. The smallest absolute Gasteiger partial charge is 0.306 e. The van der Waals surface area contributed by atoms with Crippen molar-refractivity contribution in [3.05, 3.63) is 85.1 Å². The first-order valence-corrected chi connectivity index (χ1v) is 28.9. The molecule has 6 N–H and O–H groups in total. The molecule has 8 unspecified atom stereocenters. The van der Waals surface area contributed by atoms with E-state index in [1.807, 2.05) is 18.2 Å². The second-order valence-electron chi connectivity index (χ2n) is 19.7. The number of nitrogens with one attached hydrogen (secondary N) is 1. The van der Waals surface area contributed by atoms with Crippen molar-refractivity contribution in [2.75, 3.05) is 13.2 Å². The summed E-state index contributed by atoms with van der Waals surface area (Å²) in [6.07, 6.45) is 51.9. The molecular formula is C61H105NO10. The van der Waals surface area contributed by atoms with Gasteiger partial charge in [0.05, 0.1) is 25.4 Å². The van der Waals surface area contributed by atoms with Gasteiger partial charge >= 0.3 is 5.97 Å². The molecule has 1 aliphatic rings. The fourth-order valence-electron chi connectivity index (χ4n) is 8.48. The maximum Gasteiger partial charge on any atom is 0.306 e. The molecule has 1 heterocycles. The summed E-state index contributed by atoms with van der Waals surface area (Å²) in [6.45, 7) is 5.59. The van der Waals surface area contributed by atoms with Crippen LogP contribution in [0.25, 0.3) is 0 Å². The van der Waals surface area contributed by atoms with Crippen LogP contribution in [0.15, 0.2) is 85.1 Å². The van der Waals surface area contributed by atoms with Gasteiger partial charge in [0.2, 0.25) is 5.91 Å². The number of hydrogen-bond donors (Lipinski definition) is 6. The van der Waals surface area contributed by atoms with Crippen molar-refractivity contribution < 1.29 is 49.3 Å². The standard InChI is InChI=1S/C61H105NO10/c1-4-7-10-13-16-19-22-25-27-28-29-31-34-37-40-43-46-49-56(66)72-59-58(68)57(67)55(50-63)71-61(59)70-51-52(53(64)47-44-41-38-35-32-24-21-18-15-12-9-6-3)62-60(69)54(65)48-45-42-39-36-33-30-26-23-20-17-14-11-8-5-2/h8,11,14,16-17,19-20,23,25,27,29,31,44,47,52-55,57-59,61,63-65,67-68H,4-7,9-10,12-13,15,18,21-22,24,26,28,30,32-43,45-46,48-51H2,1-3H3,(H,62,69)/b11-8+,17-14+,19-16-,23-20+,27-25-,31-29-,47-44+. The minimum atomic E-state index is -1.63. The first-order chi connectivity index (χ1) is 35.2. The lowest BCUT2D eigenvalue weighted by atomic mass is 9.99. The summed E-state index contributed by atoms with van der Waals surface area (Å²) in [6, 6.07) is -1.04. The highest BCUT2D eigenvalue weighted by Gasteiger charge is 2.47. The number of aliphatic hydroxyl groups is 5. The number of amides is 1. The van der Waals surface area contributed by atoms with Gasteiger partial charge in [0.25, 0.3) is 0 Å². The Hall–Kier alpha value is -3.16. The average Bonchev–Trinajstić information content (AvgIpc) is 3.38. The van der Waals surface area contributed by atoms with E-state index >= 15 is 0 Å². The van der Waals surface area contributed by atoms with E-state index in [1.54, 1.807) is 6.08 Å². The molecule has 11 heteroatoms. The van der Waals surface area contributed by atoms with Crippen LogP contribution >= 0.6 is 0 Å². The molecule has 0 bridgehead atoms. The molecule has 0 aromatic carbocycles. The van der Waals surface area contributed by atoms with Crippen LogP contribution in [0, 0.1) is 0 Å². The van der Waals surface area contributed by atoms with Gasteiger partial charge in [-0.3, -0.25) is 9.59 Å². The van der Waals surface area contributed by atoms with Gasteiger partial charge < -0.3 is 45.1 Å². The van der Waals surface area contributed by atoms with Crippen LogP contribution in [0.5, 0.6) is 0 Å². The fourth-order valence-corrected chi connectivity index (χ4v) is 8.48. The molecule has 11 nitrogen and oxygen atoms in total. The maximum atomic E-state index is 13.4. The van der Waals surface area contributed by atoms with Crippen LogP contribution in [0.1, 0.15) is 226 Å². The number of aliphatic hydroxyl groups excluding tert-OH is 5. The zero-order valence-corrected chi connectivity index (χ0v) is 45.5. The topological polar surface area (TPSA) is 175 Å². The summed E-state index contributed by atoms with van der Waals surface area (Å²) in [4.78, 5) is 26.5. The summed E-state index contributed by atoms with van der Waals surface area (Å²) in [5, 5.41) is 56.8. The Morgan fingerprint density at radius 2 is 1.06 bits per heavy atom. The summed E-state index contributed by atoms with van der Waals surface area (Å²) >= 11 is 0.